The zero-order valence-electron chi connectivity index (χ0n) is 13.4. The lowest BCUT2D eigenvalue weighted by Gasteiger charge is -2.22. The zero-order chi connectivity index (χ0) is 15.8. The van der Waals surface area contributed by atoms with Crippen molar-refractivity contribution in [2.75, 3.05) is 33.9 Å². The van der Waals surface area contributed by atoms with E-state index in [0.29, 0.717) is 11.6 Å². The first-order valence-corrected chi connectivity index (χ1v) is 7.80. The molecule has 0 fully saturated rings. The number of carbonyl (C=O) groups excluding carboxylic acids is 1. The number of ether oxygens (including phenoxy) is 1. The van der Waals surface area contributed by atoms with Crippen LogP contribution in [0.5, 0.6) is 0 Å². The van der Waals surface area contributed by atoms with Crippen LogP contribution < -0.4 is 0 Å². The van der Waals surface area contributed by atoms with Crippen LogP contribution in [0.3, 0.4) is 0 Å². The summed E-state index contributed by atoms with van der Waals surface area (Å²) in [6.45, 7) is 6.37. The van der Waals surface area contributed by atoms with Gasteiger partial charge in [0.1, 0.15) is 5.78 Å². The first kappa shape index (κ1) is 18.1. The molecule has 21 heavy (non-hydrogen) atoms. The topological polar surface area (TPSA) is 29.5 Å². The largest absolute Gasteiger partial charge is 0.383 e. The number of ketones is 1. The summed E-state index contributed by atoms with van der Waals surface area (Å²) in [5.74, 6) is 0.264. The Morgan fingerprint density at radius 2 is 1.86 bits per heavy atom. The molecule has 1 aromatic carbocycles. The zero-order valence-corrected chi connectivity index (χ0v) is 14.2. The monoisotopic (exact) mass is 311 g/mol. The molecule has 0 saturated heterocycles. The van der Waals surface area contributed by atoms with E-state index in [0.717, 1.165) is 25.1 Å². The summed E-state index contributed by atoms with van der Waals surface area (Å²) in [6, 6.07) is 7.63. The van der Waals surface area contributed by atoms with Gasteiger partial charge in [-0.3, -0.25) is 4.79 Å². The lowest BCUT2D eigenvalue weighted by Crippen LogP contribution is -2.28. The second-order valence-corrected chi connectivity index (χ2v) is 6.18. The number of carbonyl (C=O) groups is 1. The standard InChI is InChI=1S/C17H26ClNO2/c1-13(2)17(20)16(9-10-19(3)11-12-21-4)14-5-7-15(18)8-6-14/h5-8,13,16H,9-12H2,1-4H3/t16-/m1/s1. The quantitative estimate of drug-likeness (QED) is 0.697. The van der Waals surface area contributed by atoms with Crippen LogP contribution in [0, 0.1) is 5.92 Å². The SMILES string of the molecule is COCCN(C)CC[C@@H](C(=O)C(C)C)c1ccc(Cl)cc1. The number of likely N-dealkylation sites (N-methyl/N-ethyl adjacent to an activating group) is 1. The summed E-state index contributed by atoms with van der Waals surface area (Å²) < 4.78 is 5.08. The third-order valence-corrected chi connectivity index (χ3v) is 3.91. The van der Waals surface area contributed by atoms with Crippen molar-refractivity contribution in [2.24, 2.45) is 5.92 Å². The van der Waals surface area contributed by atoms with Crippen molar-refractivity contribution in [3.8, 4) is 0 Å². The molecule has 0 bridgehead atoms. The maximum absolute atomic E-state index is 12.5. The predicted molar refractivity (Wildman–Crippen MR) is 88.0 cm³/mol. The summed E-state index contributed by atoms with van der Waals surface area (Å²) in [5.41, 5.74) is 1.05. The molecule has 0 aliphatic rings. The summed E-state index contributed by atoms with van der Waals surface area (Å²) in [7, 11) is 3.75. The highest BCUT2D eigenvalue weighted by Crippen LogP contribution is 2.25. The van der Waals surface area contributed by atoms with Gasteiger partial charge in [-0.15, -0.1) is 0 Å². The Bertz CT molecular complexity index is 431. The fourth-order valence-corrected chi connectivity index (χ4v) is 2.41. The third-order valence-electron chi connectivity index (χ3n) is 3.66. The number of nitrogens with zero attached hydrogens (tertiary/aromatic N) is 1. The molecule has 1 atom stereocenters. The number of methoxy groups -OCH3 is 1. The smallest absolute Gasteiger partial charge is 0.142 e. The number of benzene rings is 1. The highest BCUT2D eigenvalue weighted by atomic mass is 35.5. The average molecular weight is 312 g/mol. The van der Waals surface area contributed by atoms with E-state index in [9.17, 15) is 4.79 Å². The normalized spacial score (nSPS) is 12.9. The Morgan fingerprint density at radius 3 is 2.38 bits per heavy atom. The number of hydrogen-bond donors (Lipinski definition) is 0. The van der Waals surface area contributed by atoms with Gasteiger partial charge >= 0.3 is 0 Å². The van der Waals surface area contributed by atoms with E-state index in [1.807, 2.05) is 38.1 Å². The summed E-state index contributed by atoms with van der Waals surface area (Å²) in [5, 5.41) is 0.701. The van der Waals surface area contributed by atoms with E-state index in [1.54, 1.807) is 7.11 Å². The molecule has 0 radical (unpaired) electrons. The second kappa shape index (κ2) is 9.19. The Morgan fingerprint density at radius 1 is 1.24 bits per heavy atom. The van der Waals surface area contributed by atoms with Gasteiger partial charge in [0.15, 0.2) is 0 Å². The van der Waals surface area contributed by atoms with Crippen molar-refractivity contribution >= 4 is 17.4 Å². The summed E-state index contributed by atoms with van der Waals surface area (Å²) in [4.78, 5) is 14.7. The van der Waals surface area contributed by atoms with Gasteiger partial charge in [-0.25, -0.2) is 0 Å². The van der Waals surface area contributed by atoms with Gasteiger partial charge in [-0.2, -0.15) is 0 Å². The Balaban J connectivity index is 2.74. The first-order valence-electron chi connectivity index (χ1n) is 7.42. The Labute approximate surface area is 133 Å². The minimum atomic E-state index is -0.0627. The molecule has 0 aromatic heterocycles. The van der Waals surface area contributed by atoms with Crippen LogP contribution in [-0.4, -0.2) is 44.5 Å². The molecule has 1 aromatic rings. The van der Waals surface area contributed by atoms with Crippen molar-refractivity contribution in [3.63, 3.8) is 0 Å². The number of Topliss-reactive ketones (excluding diaryl/α,β-unsaturated/α-hetero) is 1. The number of halogens is 1. The second-order valence-electron chi connectivity index (χ2n) is 5.75. The summed E-state index contributed by atoms with van der Waals surface area (Å²) in [6.07, 6.45) is 0.818. The van der Waals surface area contributed by atoms with Crippen molar-refractivity contribution in [1.29, 1.82) is 0 Å². The third kappa shape index (κ3) is 6.16. The van der Waals surface area contributed by atoms with Gasteiger partial charge < -0.3 is 9.64 Å². The maximum atomic E-state index is 12.5. The van der Waals surface area contributed by atoms with Crippen molar-refractivity contribution in [2.45, 2.75) is 26.2 Å². The van der Waals surface area contributed by atoms with Gasteiger partial charge in [0, 0.05) is 30.5 Å². The van der Waals surface area contributed by atoms with Crippen LogP contribution >= 0.6 is 11.6 Å². The molecule has 0 N–H and O–H groups in total. The van der Waals surface area contributed by atoms with Crippen LogP contribution in [0.4, 0.5) is 0 Å². The van der Waals surface area contributed by atoms with Crippen molar-refractivity contribution in [1.82, 2.24) is 4.90 Å². The molecule has 4 heteroatoms. The van der Waals surface area contributed by atoms with Crippen LogP contribution in [0.25, 0.3) is 0 Å². The summed E-state index contributed by atoms with van der Waals surface area (Å²) >= 11 is 5.94. The van der Waals surface area contributed by atoms with Crippen LogP contribution in [0.1, 0.15) is 31.7 Å². The van der Waals surface area contributed by atoms with Gasteiger partial charge in [-0.1, -0.05) is 37.6 Å². The molecule has 118 valence electrons. The van der Waals surface area contributed by atoms with Crippen LogP contribution in [-0.2, 0) is 9.53 Å². The fourth-order valence-electron chi connectivity index (χ4n) is 2.28. The number of rotatable bonds is 9. The molecule has 0 heterocycles. The predicted octanol–water partition coefficient (Wildman–Crippen LogP) is 3.62. The highest BCUT2D eigenvalue weighted by molar-refractivity contribution is 6.30. The molecule has 0 spiro atoms. The minimum absolute atomic E-state index is 0.0370. The van der Waals surface area contributed by atoms with Crippen molar-refractivity contribution in [3.05, 3.63) is 34.9 Å². The highest BCUT2D eigenvalue weighted by Gasteiger charge is 2.23. The number of hydrogen-bond acceptors (Lipinski definition) is 3. The molecule has 0 aliphatic carbocycles. The molecule has 0 unspecified atom stereocenters. The van der Waals surface area contributed by atoms with Gasteiger partial charge in [-0.05, 0) is 37.7 Å². The first-order chi connectivity index (χ1) is 9.95. The average Bonchev–Trinajstić information content (AvgIpc) is 2.46. The molecule has 1 rings (SSSR count). The van der Waals surface area contributed by atoms with E-state index in [-0.39, 0.29) is 17.6 Å². The lowest BCUT2D eigenvalue weighted by atomic mass is 9.86. The van der Waals surface area contributed by atoms with E-state index < -0.39 is 0 Å². The minimum Gasteiger partial charge on any atom is -0.383 e. The lowest BCUT2D eigenvalue weighted by molar-refractivity contribution is -0.123. The van der Waals surface area contributed by atoms with Crippen molar-refractivity contribution < 1.29 is 9.53 Å². The van der Waals surface area contributed by atoms with Gasteiger partial charge in [0.05, 0.1) is 6.61 Å². The van der Waals surface area contributed by atoms with E-state index in [1.165, 1.54) is 0 Å². The van der Waals surface area contributed by atoms with Crippen LogP contribution in [0.2, 0.25) is 5.02 Å². The molecular formula is C17H26ClNO2. The Kier molecular flexibility index (Phi) is 7.94. The van der Waals surface area contributed by atoms with Crippen LogP contribution in [0.15, 0.2) is 24.3 Å². The molecule has 0 amide bonds. The molecule has 3 nitrogen and oxygen atoms in total. The van der Waals surface area contributed by atoms with Gasteiger partial charge in [0.25, 0.3) is 0 Å². The van der Waals surface area contributed by atoms with E-state index >= 15 is 0 Å². The molecular weight excluding hydrogens is 286 g/mol. The van der Waals surface area contributed by atoms with E-state index in [4.69, 9.17) is 16.3 Å². The van der Waals surface area contributed by atoms with E-state index in [2.05, 4.69) is 11.9 Å². The fraction of sp³-hybridized carbons (Fsp3) is 0.588. The molecule has 0 aliphatic heterocycles. The maximum Gasteiger partial charge on any atom is 0.142 e. The Hall–Kier alpha value is -0.900. The molecule has 0 saturated carbocycles. The van der Waals surface area contributed by atoms with Gasteiger partial charge in [0.2, 0.25) is 0 Å².